The summed E-state index contributed by atoms with van der Waals surface area (Å²) < 4.78 is 5.76. The van der Waals surface area contributed by atoms with Gasteiger partial charge in [0, 0.05) is 11.1 Å². The van der Waals surface area contributed by atoms with Gasteiger partial charge in [0.05, 0.1) is 18.9 Å². The second kappa shape index (κ2) is 7.95. The number of methoxy groups -OCH3 is 1. The molecule has 2 aromatic carbocycles. The van der Waals surface area contributed by atoms with Crippen molar-refractivity contribution in [3.63, 3.8) is 0 Å². The zero-order chi connectivity index (χ0) is 20.2. The first-order chi connectivity index (χ1) is 12.5. The predicted molar refractivity (Wildman–Crippen MR) is 110 cm³/mol. The van der Waals surface area contributed by atoms with Crippen LogP contribution in [-0.4, -0.2) is 19.3 Å². The fraction of sp³-hybridized carbons (Fsp3) is 0.391. The van der Waals surface area contributed by atoms with Gasteiger partial charge in [0.2, 0.25) is 0 Å². The number of oxime groups is 1. The number of carbonyl (C=O) groups excluding carboxylic acids is 1. The summed E-state index contributed by atoms with van der Waals surface area (Å²) in [4.78, 5) is 17.1. The zero-order valence-corrected chi connectivity index (χ0v) is 17.3. The predicted octanol–water partition coefficient (Wildman–Crippen LogP) is 5.48. The second-order valence-corrected chi connectivity index (χ2v) is 8.63. The fourth-order valence-corrected chi connectivity index (χ4v) is 2.82. The Balaban J connectivity index is 2.38. The van der Waals surface area contributed by atoms with Crippen LogP contribution in [-0.2, 0) is 15.7 Å². The Bertz CT molecular complexity index is 790. The third kappa shape index (κ3) is 5.19. The highest BCUT2D eigenvalue weighted by Gasteiger charge is 2.27. The Hall–Kier alpha value is -2.62. The quantitative estimate of drug-likeness (QED) is 0.408. The first-order valence-electron chi connectivity index (χ1n) is 9.07. The largest absolute Gasteiger partial charge is 0.496 e. The minimum atomic E-state index is -0.479. The van der Waals surface area contributed by atoms with Gasteiger partial charge < -0.3 is 9.57 Å². The molecule has 0 N–H and O–H groups in total. The van der Waals surface area contributed by atoms with Gasteiger partial charge in [0.25, 0.3) is 0 Å². The highest BCUT2D eigenvalue weighted by atomic mass is 16.7. The number of hydrogen-bond acceptors (Lipinski definition) is 4. The Morgan fingerprint density at radius 1 is 0.926 bits per heavy atom. The van der Waals surface area contributed by atoms with Crippen LogP contribution in [0, 0.1) is 0 Å². The van der Waals surface area contributed by atoms with Crippen molar-refractivity contribution >= 4 is 12.2 Å². The number of rotatable bonds is 4. The van der Waals surface area contributed by atoms with Gasteiger partial charge in [-0.2, -0.15) is 0 Å². The van der Waals surface area contributed by atoms with E-state index >= 15 is 0 Å². The first-order valence-corrected chi connectivity index (χ1v) is 9.07. The van der Waals surface area contributed by atoms with E-state index in [4.69, 9.17) is 9.57 Å². The maximum atomic E-state index is 12.0. The van der Waals surface area contributed by atoms with E-state index in [9.17, 15) is 4.79 Å². The molecule has 144 valence electrons. The van der Waals surface area contributed by atoms with E-state index in [1.54, 1.807) is 37.6 Å². The summed E-state index contributed by atoms with van der Waals surface area (Å²) in [5.41, 5.74) is 3.31. The smallest absolute Gasteiger partial charge is 0.365 e. The van der Waals surface area contributed by atoms with Gasteiger partial charge >= 0.3 is 5.97 Å². The van der Waals surface area contributed by atoms with Crippen molar-refractivity contribution in [2.24, 2.45) is 5.16 Å². The second-order valence-electron chi connectivity index (χ2n) is 8.63. The molecule has 27 heavy (non-hydrogen) atoms. The Morgan fingerprint density at radius 2 is 1.44 bits per heavy atom. The average Bonchev–Trinajstić information content (AvgIpc) is 2.60. The number of nitrogens with zero attached hydrogens (tertiary/aromatic N) is 1. The van der Waals surface area contributed by atoms with Gasteiger partial charge in [-0.25, -0.2) is 4.79 Å². The maximum absolute atomic E-state index is 12.0. The Morgan fingerprint density at radius 3 is 1.89 bits per heavy atom. The van der Waals surface area contributed by atoms with Crippen molar-refractivity contribution in [2.75, 3.05) is 7.11 Å². The van der Waals surface area contributed by atoms with Crippen molar-refractivity contribution in [3.8, 4) is 5.75 Å². The minimum Gasteiger partial charge on any atom is -0.496 e. The van der Waals surface area contributed by atoms with Crippen molar-refractivity contribution in [3.05, 3.63) is 64.7 Å². The molecule has 0 unspecified atom stereocenters. The summed E-state index contributed by atoms with van der Waals surface area (Å²) >= 11 is 0. The summed E-state index contributed by atoms with van der Waals surface area (Å²) in [6, 6.07) is 12.9. The lowest BCUT2D eigenvalue weighted by atomic mass is 9.78. The molecule has 0 aliphatic carbocycles. The summed E-state index contributed by atoms with van der Waals surface area (Å²) in [6.07, 6.45) is 1.57. The van der Waals surface area contributed by atoms with E-state index in [1.165, 1.54) is 0 Å². The first kappa shape index (κ1) is 20.7. The monoisotopic (exact) mass is 367 g/mol. The molecule has 0 fully saturated rings. The summed E-state index contributed by atoms with van der Waals surface area (Å²) in [5.74, 6) is 0.417. The molecule has 2 aromatic rings. The van der Waals surface area contributed by atoms with Crippen molar-refractivity contribution in [2.45, 2.75) is 52.4 Å². The van der Waals surface area contributed by atoms with E-state index in [1.807, 2.05) is 18.2 Å². The molecule has 4 nitrogen and oxygen atoms in total. The van der Waals surface area contributed by atoms with Crippen molar-refractivity contribution in [1.82, 2.24) is 0 Å². The van der Waals surface area contributed by atoms with Crippen LogP contribution in [0.15, 0.2) is 47.6 Å². The number of benzene rings is 2. The normalized spacial score (nSPS) is 12.3. The van der Waals surface area contributed by atoms with Gasteiger partial charge in [-0.05, 0) is 40.7 Å². The van der Waals surface area contributed by atoms with Crippen LogP contribution in [0.3, 0.4) is 0 Å². The molecule has 0 saturated carbocycles. The van der Waals surface area contributed by atoms with Crippen LogP contribution < -0.4 is 4.74 Å². The lowest BCUT2D eigenvalue weighted by Crippen LogP contribution is -2.19. The van der Waals surface area contributed by atoms with Crippen LogP contribution in [0.5, 0.6) is 5.75 Å². The standard InChI is InChI=1S/C23H29NO3/c1-22(2,3)18-13-16(14-19(20(18)26-7)23(4,5)6)15-24-27-21(25)17-11-9-8-10-12-17/h8-15H,1-7H3/b24-15+. The fourth-order valence-electron chi connectivity index (χ4n) is 2.82. The van der Waals surface area contributed by atoms with Crippen LogP contribution in [0.25, 0.3) is 0 Å². The number of carbonyl (C=O) groups is 1. The summed E-state index contributed by atoms with van der Waals surface area (Å²) in [7, 11) is 1.70. The Kier molecular flexibility index (Phi) is 6.09. The minimum absolute atomic E-state index is 0.101. The molecule has 0 aliphatic heterocycles. The molecule has 4 heteroatoms. The lowest BCUT2D eigenvalue weighted by molar-refractivity contribution is 0.0519. The number of hydrogen-bond donors (Lipinski definition) is 0. The highest BCUT2D eigenvalue weighted by molar-refractivity contribution is 5.90. The van der Waals surface area contributed by atoms with Crippen LogP contribution in [0.1, 0.15) is 68.6 Å². The van der Waals surface area contributed by atoms with E-state index in [2.05, 4.69) is 46.7 Å². The number of ether oxygens (including phenoxy) is 1. The van der Waals surface area contributed by atoms with Crippen LogP contribution in [0.4, 0.5) is 0 Å². The van der Waals surface area contributed by atoms with E-state index in [-0.39, 0.29) is 10.8 Å². The average molecular weight is 367 g/mol. The summed E-state index contributed by atoms with van der Waals surface area (Å²) in [6.45, 7) is 12.9. The van der Waals surface area contributed by atoms with Crippen molar-refractivity contribution in [1.29, 1.82) is 0 Å². The zero-order valence-electron chi connectivity index (χ0n) is 17.3. The van der Waals surface area contributed by atoms with Gasteiger partial charge in [-0.1, -0.05) is 64.9 Å². The van der Waals surface area contributed by atoms with E-state index < -0.39 is 5.97 Å². The molecule has 0 aliphatic rings. The SMILES string of the molecule is COc1c(C(C)(C)C)cc(/C=N/OC(=O)c2ccccc2)cc1C(C)(C)C. The molecular weight excluding hydrogens is 338 g/mol. The van der Waals surface area contributed by atoms with Crippen molar-refractivity contribution < 1.29 is 14.4 Å². The van der Waals surface area contributed by atoms with Crippen LogP contribution >= 0.6 is 0 Å². The molecule has 0 saturated heterocycles. The van der Waals surface area contributed by atoms with Gasteiger partial charge in [0.15, 0.2) is 0 Å². The summed E-state index contributed by atoms with van der Waals surface area (Å²) in [5, 5.41) is 3.90. The molecule has 0 bridgehead atoms. The highest BCUT2D eigenvalue weighted by Crippen LogP contribution is 2.40. The van der Waals surface area contributed by atoms with E-state index in [0.29, 0.717) is 5.56 Å². The molecular formula is C23H29NO3. The van der Waals surface area contributed by atoms with Crippen LogP contribution in [0.2, 0.25) is 0 Å². The molecule has 0 amide bonds. The van der Waals surface area contributed by atoms with E-state index in [0.717, 1.165) is 22.4 Å². The maximum Gasteiger partial charge on any atom is 0.365 e. The molecule has 0 aromatic heterocycles. The third-order valence-electron chi connectivity index (χ3n) is 4.28. The topological polar surface area (TPSA) is 47.9 Å². The molecule has 0 spiro atoms. The third-order valence-corrected chi connectivity index (χ3v) is 4.28. The van der Waals surface area contributed by atoms with Gasteiger partial charge in [-0.3, -0.25) is 0 Å². The lowest BCUT2D eigenvalue weighted by Gasteiger charge is -2.29. The molecule has 0 atom stereocenters. The van der Waals surface area contributed by atoms with Gasteiger partial charge in [0.1, 0.15) is 5.75 Å². The Labute approximate surface area is 162 Å². The molecule has 2 rings (SSSR count). The van der Waals surface area contributed by atoms with Gasteiger partial charge in [-0.15, -0.1) is 0 Å². The molecule has 0 radical (unpaired) electrons. The molecule has 0 heterocycles.